The summed E-state index contributed by atoms with van der Waals surface area (Å²) in [6.07, 6.45) is 0.958. The Balaban J connectivity index is 1.73. The van der Waals surface area contributed by atoms with Crippen molar-refractivity contribution in [3.8, 4) is 22.8 Å². The molecule has 2 heterocycles. The zero-order valence-corrected chi connectivity index (χ0v) is 16.2. The first kappa shape index (κ1) is 17.6. The Morgan fingerprint density at radius 3 is 2.48 bits per heavy atom. The topological polar surface area (TPSA) is 44.0 Å². The van der Waals surface area contributed by atoms with Gasteiger partial charge in [0.05, 0.1) is 11.0 Å². The third-order valence-electron chi connectivity index (χ3n) is 5.05. The molecule has 0 amide bonds. The van der Waals surface area contributed by atoms with Crippen LogP contribution in [0.1, 0.15) is 12.5 Å². The third kappa shape index (κ3) is 3.49. The van der Waals surface area contributed by atoms with Gasteiger partial charge in [-0.1, -0.05) is 43.3 Å². The Bertz CT molecular complexity index is 1240. The van der Waals surface area contributed by atoms with Crippen molar-refractivity contribution in [1.82, 2.24) is 0 Å². The zero-order chi connectivity index (χ0) is 19.6. The average molecular weight is 383 g/mol. The molecule has 0 N–H and O–H groups in total. The fourth-order valence-electron chi connectivity index (χ4n) is 3.51. The third-order valence-corrected chi connectivity index (χ3v) is 5.05. The molecule has 144 valence electrons. The molecule has 4 nitrogen and oxygen atoms in total. The van der Waals surface area contributed by atoms with Crippen LogP contribution in [0.15, 0.2) is 82.2 Å². The lowest BCUT2D eigenvalue weighted by Crippen LogP contribution is -2.15. The molecule has 0 atom stereocenters. The van der Waals surface area contributed by atoms with Crippen LogP contribution in [-0.2, 0) is 6.42 Å². The van der Waals surface area contributed by atoms with Crippen molar-refractivity contribution >= 4 is 16.7 Å². The van der Waals surface area contributed by atoms with Crippen molar-refractivity contribution in [2.24, 2.45) is 4.99 Å². The van der Waals surface area contributed by atoms with Crippen LogP contribution in [0.4, 0.5) is 5.69 Å². The highest BCUT2D eigenvalue weighted by Crippen LogP contribution is 2.33. The molecule has 0 saturated carbocycles. The first-order chi connectivity index (χ1) is 14.3. The fourth-order valence-corrected chi connectivity index (χ4v) is 3.51. The van der Waals surface area contributed by atoms with Crippen LogP contribution in [-0.4, -0.2) is 13.2 Å². The molecular formula is C25H21NO3. The first-order valence-electron chi connectivity index (χ1n) is 9.87. The quantitative estimate of drug-likeness (QED) is 0.458. The largest absolute Gasteiger partial charge is 0.486 e. The molecule has 0 fully saturated rings. The van der Waals surface area contributed by atoms with Gasteiger partial charge in [0.25, 0.3) is 0 Å². The maximum Gasteiger partial charge on any atom is 0.163 e. The summed E-state index contributed by atoms with van der Waals surface area (Å²) in [5.74, 6) is 2.29. The van der Waals surface area contributed by atoms with Crippen LogP contribution >= 0.6 is 0 Å². The van der Waals surface area contributed by atoms with E-state index in [-0.39, 0.29) is 0 Å². The van der Waals surface area contributed by atoms with Gasteiger partial charge in [-0.2, -0.15) is 0 Å². The number of benzene rings is 3. The first-order valence-corrected chi connectivity index (χ1v) is 9.87. The van der Waals surface area contributed by atoms with E-state index in [0.717, 1.165) is 51.3 Å². The molecule has 5 rings (SSSR count). The van der Waals surface area contributed by atoms with Gasteiger partial charge < -0.3 is 13.9 Å². The Kier molecular flexibility index (Phi) is 4.53. The molecule has 0 saturated heterocycles. The van der Waals surface area contributed by atoms with E-state index in [1.54, 1.807) is 0 Å². The number of ether oxygens (including phenoxy) is 2. The Morgan fingerprint density at radius 2 is 1.66 bits per heavy atom. The lowest BCUT2D eigenvalue weighted by Gasteiger charge is -2.18. The SMILES string of the molecule is CCc1ccc2oc(-c3ccccc3)cc(=Nc3ccc4c(c3)OCCO4)c2c1. The maximum absolute atomic E-state index is 6.21. The Hall–Kier alpha value is -3.53. The number of nitrogens with zero attached hydrogens (tertiary/aromatic N) is 1. The second kappa shape index (κ2) is 7.47. The van der Waals surface area contributed by atoms with Gasteiger partial charge in [0, 0.05) is 23.1 Å². The summed E-state index contributed by atoms with van der Waals surface area (Å²) >= 11 is 0. The number of hydrogen-bond donors (Lipinski definition) is 0. The minimum atomic E-state index is 0.557. The normalized spacial score (nSPS) is 13.6. The molecule has 1 aliphatic heterocycles. The maximum atomic E-state index is 6.21. The Morgan fingerprint density at radius 1 is 0.828 bits per heavy atom. The highest BCUT2D eigenvalue weighted by atomic mass is 16.6. The van der Waals surface area contributed by atoms with Crippen LogP contribution in [0.25, 0.3) is 22.3 Å². The number of fused-ring (bicyclic) bond motifs is 2. The van der Waals surface area contributed by atoms with Gasteiger partial charge in [0.2, 0.25) is 0 Å². The summed E-state index contributed by atoms with van der Waals surface area (Å²) in [5, 5.41) is 1.87. The molecule has 1 aromatic heterocycles. The van der Waals surface area contributed by atoms with Crippen molar-refractivity contribution in [3.63, 3.8) is 0 Å². The summed E-state index contributed by atoms with van der Waals surface area (Å²) < 4.78 is 17.6. The smallest absolute Gasteiger partial charge is 0.163 e. The van der Waals surface area contributed by atoms with Crippen molar-refractivity contribution in [3.05, 3.63) is 83.7 Å². The molecule has 0 spiro atoms. The number of hydrogen-bond acceptors (Lipinski definition) is 4. The Labute approximate surface area is 169 Å². The summed E-state index contributed by atoms with van der Waals surface area (Å²) in [7, 11) is 0. The number of aryl methyl sites for hydroxylation is 1. The van der Waals surface area contributed by atoms with Crippen LogP contribution in [0.2, 0.25) is 0 Å². The van der Waals surface area contributed by atoms with E-state index in [0.29, 0.717) is 13.2 Å². The molecule has 0 unspecified atom stereocenters. The van der Waals surface area contributed by atoms with Gasteiger partial charge in [-0.15, -0.1) is 0 Å². The molecule has 4 aromatic rings. The summed E-state index contributed by atoms with van der Waals surface area (Å²) in [4.78, 5) is 4.94. The second-order valence-corrected chi connectivity index (χ2v) is 6.99. The minimum absolute atomic E-state index is 0.557. The molecule has 0 radical (unpaired) electrons. The van der Waals surface area contributed by atoms with E-state index in [2.05, 4.69) is 19.1 Å². The van der Waals surface area contributed by atoms with Gasteiger partial charge in [0.1, 0.15) is 24.6 Å². The zero-order valence-electron chi connectivity index (χ0n) is 16.2. The van der Waals surface area contributed by atoms with Crippen molar-refractivity contribution < 1.29 is 13.9 Å². The lowest BCUT2D eigenvalue weighted by atomic mass is 10.1. The summed E-state index contributed by atoms with van der Waals surface area (Å²) in [6, 6.07) is 24.2. The highest BCUT2D eigenvalue weighted by Gasteiger charge is 2.12. The highest BCUT2D eigenvalue weighted by molar-refractivity contribution is 5.79. The van der Waals surface area contributed by atoms with Crippen LogP contribution in [0, 0.1) is 0 Å². The van der Waals surface area contributed by atoms with E-state index in [1.165, 1.54) is 5.56 Å². The van der Waals surface area contributed by atoms with Crippen LogP contribution in [0.3, 0.4) is 0 Å². The van der Waals surface area contributed by atoms with Crippen molar-refractivity contribution in [2.75, 3.05) is 13.2 Å². The molecule has 3 aromatic carbocycles. The fraction of sp³-hybridized carbons (Fsp3) is 0.160. The predicted octanol–water partition coefficient (Wildman–Crippen LogP) is 5.67. The minimum Gasteiger partial charge on any atom is -0.486 e. The molecule has 0 bridgehead atoms. The molecule has 0 aliphatic carbocycles. The number of rotatable bonds is 3. The molecule has 4 heteroatoms. The van der Waals surface area contributed by atoms with Crippen molar-refractivity contribution in [1.29, 1.82) is 0 Å². The summed E-state index contributed by atoms with van der Waals surface area (Å²) in [6.45, 7) is 3.28. The second-order valence-electron chi connectivity index (χ2n) is 6.99. The van der Waals surface area contributed by atoms with Gasteiger partial charge in [-0.25, -0.2) is 4.99 Å². The molecule has 29 heavy (non-hydrogen) atoms. The van der Waals surface area contributed by atoms with Gasteiger partial charge >= 0.3 is 0 Å². The standard InChI is InChI=1S/C25H21NO3/c1-2-17-8-10-22-20(14-17)21(16-24(29-22)18-6-4-3-5-7-18)26-19-9-11-23-25(15-19)28-13-12-27-23/h3-11,14-16H,2,12-13H2,1H3. The lowest BCUT2D eigenvalue weighted by molar-refractivity contribution is 0.171. The van der Waals surface area contributed by atoms with E-state index in [9.17, 15) is 0 Å². The van der Waals surface area contributed by atoms with Crippen LogP contribution < -0.4 is 14.8 Å². The van der Waals surface area contributed by atoms with Gasteiger partial charge in [-0.05, 0) is 36.2 Å². The molecule has 1 aliphatic rings. The van der Waals surface area contributed by atoms with E-state index >= 15 is 0 Å². The van der Waals surface area contributed by atoms with Gasteiger partial charge in [-0.3, -0.25) is 0 Å². The van der Waals surface area contributed by atoms with Gasteiger partial charge in [0.15, 0.2) is 11.5 Å². The van der Waals surface area contributed by atoms with E-state index < -0.39 is 0 Å². The van der Waals surface area contributed by atoms with E-state index in [1.807, 2.05) is 60.7 Å². The summed E-state index contributed by atoms with van der Waals surface area (Å²) in [5.41, 5.74) is 3.91. The van der Waals surface area contributed by atoms with Crippen molar-refractivity contribution in [2.45, 2.75) is 13.3 Å². The van der Waals surface area contributed by atoms with E-state index in [4.69, 9.17) is 18.9 Å². The molecular weight excluding hydrogens is 362 g/mol. The monoisotopic (exact) mass is 383 g/mol. The average Bonchev–Trinajstić information content (AvgIpc) is 2.79. The van der Waals surface area contributed by atoms with Crippen LogP contribution in [0.5, 0.6) is 11.5 Å². The predicted molar refractivity (Wildman–Crippen MR) is 114 cm³/mol.